The van der Waals surface area contributed by atoms with Crippen LogP contribution in [0.1, 0.15) is 51.1 Å². The molecule has 2 nitrogen and oxygen atoms in total. The number of nitrogens with zero attached hydrogens (tertiary/aromatic N) is 2. The molecule has 3 rings (SSSR count). The van der Waals surface area contributed by atoms with E-state index in [-0.39, 0.29) is 7.23 Å². The summed E-state index contributed by atoms with van der Waals surface area (Å²) in [5.74, 6) is 0.743. The highest BCUT2D eigenvalue weighted by Gasteiger charge is 2.41. The maximum atomic E-state index is 4.51. The average molecular weight is 349 g/mol. The molecule has 0 bridgehead atoms. The maximum Gasteiger partial charge on any atom is 0.172 e. The van der Waals surface area contributed by atoms with E-state index in [9.17, 15) is 0 Å². The van der Waals surface area contributed by atoms with Crippen LogP contribution in [-0.2, 0) is 0 Å². The Labute approximate surface area is 144 Å². The molecular formula is C19H31N2P2+. The number of rotatable bonds is 5. The van der Waals surface area contributed by atoms with Crippen molar-refractivity contribution in [3.05, 3.63) is 35.9 Å². The van der Waals surface area contributed by atoms with Crippen LogP contribution >= 0.6 is 15.5 Å². The fraction of sp³-hybridized carbons (Fsp3) is 0.632. The Morgan fingerprint density at radius 2 is 1.70 bits per heavy atom. The second-order valence-electron chi connectivity index (χ2n) is 7.12. The van der Waals surface area contributed by atoms with Gasteiger partial charge in [-0.1, -0.05) is 30.3 Å². The summed E-state index contributed by atoms with van der Waals surface area (Å²) in [4.78, 5) is 5.54. The molecule has 2 aliphatic heterocycles. The predicted octanol–water partition coefficient (Wildman–Crippen LogP) is 5.12. The van der Waals surface area contributed by atoms with E-state index in [2.05, 4.69) is 66.9 Å². The normalized spacial score (nSPS) is 33.8. The van der Waals surface area contributed by atoms with Crippen LogP contribution in [0.2, 0.25) is 0 Å². The lowest BCUT2D eigenvalue weighted by molar-refractivity contribution is 0.0818. The summed E-state index contributed by atoms with van der Waals surface area (Å²) in [6.45, 7) is 8.30. The third kappa shape index (κ3) is 3.72. The second kappa shape index (κ2) is 7.75. The standard InChI is InChI=1S/C19H31N2P2/c1-15-10-12-18(17-8-6-5-7-9-17)20(15)14-21-16(2)11-13-19(21)23(4)22-3/h5-9,15-16,18-19,22H,4,10-14H2,1-3H3/q+1. The fourth-order valence-corrected chi connectivity index (χ4v) is 7.37. The summed E-state index contributed by atoms with van der Waals surface area (Å²) in [6, 6.07) is 13.1. The number of likely N-dealkylation sites (tertiary alicyclic amines) is 2. The quantitative estimate of drug-likeness (QED) is 0.681. The summed E-state index contributed by atoms with van der Waals surface area (Å²) >= 11 is 0. The number of hydrogen-bond acceptors (Lipinski definition) is 2. The van der Waals surface area contributed by atoms with E-state index >= 15 is 0 Å². The van der Waals surface area contributed by atoms with E-state index in [4.69, 9.17) is 0 Å². The van der Waals surface area contributed by atoms with E-state index in [1.54, 1.807) is 0 Å². The molecule has 23 heavy (non-hydrogen) atoms. The Bertz CT molecular complexity index is 533. The van der Waals surface area contributed by atoms with Gasteiger partial charge in [0.15, 0.2) is 5.78 Å². The van der Waals surface area contributed by atoms with Crippen LogP contribution in [-0.4, -0.2) is 47.3 Å². The van der Waals surface area contributed by atoms with Gasteiger partial charge in [-0.25, -0.2) is 4.90 Å². The first-order chi connectivity index (χ1) is 11.1. The number of benzene rings is 1. The largest absolute Gasteiger partial charge is 0.281 e. The molecule has 0 radical (unpaired) electrons. The van der Waals surface area contributed by atoms with Crippen molar-refractivity contribution in [3.63, 3.8) is 0 Å². The summed E-state index contributed by atoms with van der Waals surface area (Å²) in [7, 11) is 0.937. The van der Waals surface area contributed by atoms with Crippen molar-refractivity contribution in [1.29, 1.82) is 0 Å². The molecule has 6 atom stereocenters. The van der Waals surface area contributed by atoms with Crippen LogP contribution in [0.5, 0.6) is 0 Å². The van der Waals surface area contributed by atoms with Gasteiger partial charge in [0, 0.05) is 24.5 Å². The van der Waals surface area contributed by atoms with Crippen LogP contribution in [0.15, 0.2) is 30.3 Å². The minimum absolute atomic E-state index is 0.0714. The predicted molar refractivity (Wildman–Crippen MR) is 107 cm³/mol. The van der Waals surface area contributed by atoms with E-state index in [0.29, 0.717) is 18.1 Å². The lowest BCUT2D eigenvalue weighted by Gasteiger charge is -2.35. The Hall–Kier alpha value is -0.260. The summed E-state index contributed by atoms with van der Waals surface area (Å²) in [6.07, 6.45) is 9.84. The molecule has 1 aromatic rings. The monoisotopic (exact) mass is 349 g/mol. The zero-order chi connectivity index (χ0) is 16.4. The van der Waals surface area contributed by atoms with Gasteiger partial charge in [-0.2, -0.15) is 0 Å². The van der Waals surface area contributed by atoms with Crippen molar-refractivity contribution in [1.82, 2.24) is 9.80 Å². The minimum Gasteiger partial charge on any atom is -0.281 e. The molecule has 0 amide bonds. The minimum atomic E-state index is -0.0714. The molecule has 2 heterocycles. The molecule has 6 unspecified atom stereocenters. The fourth-order valence-electron chi connectivity index (χ4n) is 4.23. The topological polar surface area (TPSA) is 6.48 Å². The zero-order valence-electron chi connectivity index (χ0n) is 14.8. The molecule has 2 saturated heterocycles. The van der Waals surface area contributed by atoms with E-state index in [1.807, 2.05) is 0 Å². The Kier molecular flexibility index (Phi) is 5.92. The highest BCUT2D eigenvalue weighted by atomic mass is 32.0. The van der Waals surface area contributed by atoms with Crippen LogP contribution in [0.25, 0.3) is 0 Å². The summed E-state index contributed by atoms with van der Waals surface area (Å²) in [5, 5.41) is 0. The number of hydrogen-bond donors (Lipinski definition) is 0. The van der Waals surface area contributed by atoms with E-state index in [1.165, 1.54) is 31.2 Å². The van der Waals surface area contributed by atoms with Gasteiger partial charge >= 0.3 is 0 Å². The molecule has 0 N–H and O–H groups in total. The summed E-state index contributed by atoms with van der Waals surface area (Å²) < 4.78 is 0. The maximum absolute atomic E-state index is 4.51. The van der Waals surface area contributed by atoms with Crippen molar-refractivity contribution in [3.8, 4) is 0 Å². The SMILES string of the molecule is C=[P+](PC)C1CCC(C)N1CN1C(C)CCC1c1ccccc1. The van der Waals surface area contributed by atoms with Gasteiger partial charge < -0.3 is 0 Å². The van der Waals surface area contributed by atoms with Crippen molar-refractivity contribution in [2.24, 2.45) is 0 Å². The first-order valence-corrected chi connectivity index (χ1v) is 12.9. The Morgan fingerprint density at radius 3 is 2.39 bits per heavy atom. The molecule has 0 spiro atoms. The van der Waals surface area contributed by atoms with Crippen molar-refractivity contribution in [2.45, 2.75) is 63.4 Å². The molecule has 0 saturated carbocycles. The van der Waals surface area contributed by atoms with Crippen molar-refractivity contribution in [2.75, 3.05) is 13.3 Å². The highest BCUT2D eigenvalue weighted by Crippen LogP contribution is 2.52. The lowest BCUT2D eigenvalue weighted by atomic mass is 10.1. The molecule has 0 aromatic heterocycles. The van der Waals surface area contributed by atoms with Crippen molar-refractivity contribution >= 4 is 21.8 Å². The van der Waals surface area contributed by atoms with Gasteiger partial charge in [0.25, 0.3) is 0 Å². The molecule has 1 aromatic carbocycles. The van der Waals surface area contributed by atoms with Gasteiger partial charge in [-0.15, -0.1) is 0 Å². The van der Waals surface area contributed by atoms with Gasteiger partial charge in [-0.3, -0.25) is 4.90 Å². The molecule has 4 heteroatoms. The highest BCUT2D eigenvalue weighted by molar-refractivity contribution is 8.19. The van der Waals surface area contributed by atoms with Crippen LogP contribution in [0.3, 0.4) is 0 Å². The smallest absolute Gasteiger partial charge is 0.172 e. The third-order valence-corrected chi connectivity index (χ3v) is 10.2. The molecule has 0 aliphatic carbocycles. The average Bonchev–Trinajstić information content (AvgIpc) is 3.12. The zero-order valence-corrected chi connectivity index (χ0v) is 16.7. The molecular weight excluding hydrogens is 318 g/mol. The third-order valence-electron chi connectivity index (χ3n) is 5.77. The first kappa shape index (κ1) is 17.6. The van der Waals surface area contributed by atoms with Gasteiger partial charge in [0.05, 0.1) is 21.2 Å². The van der Waals surface area contributed by atoms with Gasteiger partial charge in [0.1, 0.15) is 7.23 Å². The van der Waals surface area contributed by atoms with Gasteiger partial charge in [0.2, 0.25) is 0 Å². The molecule has 2 fully saturated rings. The van der Waals surface area contributed by atoms with Gasteiger partial charge in [-0.05, 0) is 45.3 Å². The Balaban J connectivity index is 1.77. The lowest BCUT2D eigenvalue weighted by Crippen LogP contribution is -2.44. The molecule has 126 valence electrons. The van der Waals surface area contributed by atoms with E-state index in [0.717, 1.165) is 20.7 Å². The molecule has 2 aliphatic rings. The van der Waals surface area contributed by atoms with Crippen LogP contribution in [0.4, 0.5) is 0 Å². The van der Waals surface area contributed by atoms with Crippen molar-refractivity contribution < 1.29 is 0 Å². The first-order valence-electron chi connectivity index (χ1n) is 8.95. The second-order valence-corrected chi connectivity index (χ2v) is 12.2. The van der Waals surface area contributed by atoms with Crippen LogP contribution < -0.4 is 0 Å². The Morgan fingerprint density at radius 1 is 1.04 bits per heavy atom. The van der Waals surface area contributed by atoms with Crippen LogP contribution in [0, 0.1) is 0 Å². The van der Waals surface area contributed by atoms with E-state index < -0.39 is 0 Å². The summed E-state index contributed by atoms with van der Waals surface area (Å²) in [5.41, 5.74) is 1.49.